The molecule has 1 fully saturated rings. The highest BCUT2D eigenvalue weighted by molar-refractivity contribution is 5.78. The minimum absolute atomic E-state index is 0.273. The van der Waals surface area contributed by atoms with Crippen LogP contribution >= 0.6 is 0 Å². The molecule has 1 unspecified atom stereocenters. The maximum Gasteiger partial charge on any atom is 0.223 e. The molecular formula is C24H29N3O. The number of carbonyl (C=O) groups is 1. The van der Waals surface area contributed by atoms with E-state index in [1.165, 1.54) is 12.0 Å². The van der Waals surface area contributed by atoms with Crippen molar-refractivity contribution in [2.24, 2.45) is 0 Å². The molecule has 3 aromatic rings. The van der Waals surface area contributed by atoms with E-state index >= 15 is 0 Å². The van der Waals surface area contributed by atoms with Crippen molar-refractivity contribution in [2.75, 3.05) is 6.54 Å². The number of hydrogen-bond donors (Lipinski definition) is 0. The lowest BCUT2D eigenvalue weighted by Crippen LogP contribution is -2.45. The van der Waals surface area contributed by atoms with Gasteiger partial charge in [0.1, 0.15) is 5.82 Å². The summed E-state index contributed by atoms with van der Waals surface area (Å²) in [7, 11) is 0. The quantitative estimate of drug-likeness (QED) is 0.631. The van der Waals surface area contributed by atoms with Gasteiger partial charge in [0.25, 0.3) is 0 Å². The van der Waals surface area contributed by atoms with Gasteiger partial charge in [0.05, 0.1) is 11.0 Å². The summed E-state index contributed by atoms with van der Waals surface area (Å²) in [6.45, 7) is 3.91. The molecule has 0 N–H and O–H groups in total. The summed E-state index contributed by atoms with van der Waals surface area (Å²) in [5, 5.41) is 0. The van der Waals surface area contributed by atoms with E-state index in [-0.39, 0.29) is 5.91 Å². The molecule has 2 heterocycles. The molecule has 1 aromatic heterocycles. The van der Waals surface area contributed by atoms with Gasteiger partial charge in [-0.25, -0.2) is 4.98 Å². The number of amides is 1. The molecule has 4 nitrogen and oxygen atoms in total. The molecule has 28 heavy (non-hydrogen) atoms. The van der Waals surface area contributed by atoms with Crippen molar-refractivity contribution in [3.8, 4) is 0 Å². The average Bonchev–Trinajstić information content (AvgIpc) is 3.10. The number of fused-ring (bicyclic) bond motifs is 1. The Labute approximate surface area is 167 Å². The molecule has 4 rings (SSSR count). The van der Waals surface area contributed by atoms with E-state index in [0.29, 0.717) is 18.9 Å². The minimum atomic E-state index is 0.273. The van der Waals surface area contributed by atoms with Crippen LogP contribution in [0.5, 0.6) is 0 Å². The summed E-state index contributed by atoms with van der Waals surface area (Å²) in [5.41, 5.74) is 3.50. The Bertz CT molecular complexity index is 931. The first-order valence-electron chi connectivity index (χ1n) is 10.5. The zero-order valence-corrected chi connectivity index (χ0v) is 16.7. The molecule has 0 saturated carbocycles. The zero-order chi connectivity index (χ0) is 19.3. The third-order valence-corrected chi connectivity index (χ3v) is 5.87. The first-order chi connectivity index (χ1) is 13.8. The number of aryl methyl sites for hydroxylation is 2. The van der Waals surface area contributed by atoms with Crippen LogP contribution in [0, 0.1) is 0 Å². The SMILES string of the molecule is CCn1c(CCC(=O)N2CCCCC2Cc2ccccc2)nc2ccccc21. The molecule has 1 atom stereocenters. The van der Waals surface area contributed by atoms with Crippen molar-refractivity contribution in [2.45, 2.75) is 58.0 Å². The van der Waals surface area contributed by atoms with E-state index in [9.17, 15) is 4.79 Å². The van der Waals surface area contributed by atoms with Crippen LogP contribution < -0.4 is 0 Å². The Kier molecular flexibility index (Phi) is 5.75. The monoisotopic (exact) mass is 375 g/mol. The van der Waals surface area contributed by atoms with E-state index in [4.69, 9.17) is 4.98 Å². The van der Waals surface area contributed by atoms with Gasteiger partial charge in [-0.1, -0.05) is 42.5 Å². The van der Waals surface area contributed by atoms with Crippen molar-refractivity contribution in [1.29, 1.82) is 0 Å². The van der Waals surface area contributed by atoms with Crippen molar-refractivity contribution in [3.05, 3.63) is 66.0 Å². The summed E-state index contributed by atoms with van der Waals surface area (Å²) in [5.74, 6) is 1.30. The molecule has 146 valence electrons. The Morgan fingerprint density at radius 3 is 2.68 bits per heavy atom. The molecule has 1 aliphatic rings. The van der Waals surface area contributed by atoms with Gasteiger partial charge in [0.2, 0.25) is 5.91 Å². The molecule has 2 aromatic carbocycles. The third-order valence-electron chi connectivity index (χ3n) is 5.87. The summed E-state index contributed by atoms with van der Waals surface area (Å²) in [6, 6.07) is 19.1. The lowest BCUT2D eigenvalue weighted by Gasteiger charge is -2.36. The van der Waals surface area contributed by atoms with Crippen LogP contribution in [0.15, 0.2) is 54.6 Å². The van der Waals surface area contributed by atoms with Gasteiger partial charge in [-0.15, -0.1) is 0 Å². The van der Waals surface area contributed by atoms with Gasteiger partial charge in [-0.2, -0.15) is 0 Å². The molecule has 0 spiro atoms. The first kappa shape index (κ1) is 18.7. The van der Waals surface area contributed by atoms with Crippen LogP contribution in [0.4, 0.5) is 0 Å². The number of nitrogens with zero attached hydrogens (tertiary/aromatic N) is 3. The lowest BCUT2D eigenvalue weighted by atomic mass is 9.95. The molecule has 0 bridgehead atoms. The van der Waals surface area contributed by atoms with Crippen LogP contribution in [0.3, 0.4) is 0 Å². The molecular weight excluding hydrogens is 346 g/mol. The summed E-state index contributed by atoms with van der Waals surface area (Å²) in [6.07, 6.45) is 5.64. The number of piperidine rings is 1. The maximum absolute atomic E-state index is 13.1. The largest absolute Gasteiger partial charge is 0.339 e. The number of rotatable bonds is 6. The number of para-hydroxylation sites is 2. The second kappa shape index (κ2) is 8.59. The fourth-order valence-electron chi connectivity index (χ4n) is 4.46. The lowest BCUT2D eigenvalue weighted by molar-refractivity contribution is -0.134. The second-order valence-corrected chi connectivity index (χ2v) is 7.69. The van der Waals surface area contributed by atoms with Crippen molar-refractivity contribution in [3.63, 3.8) is 0 Å². The van der Waals surface area contributed by atoms with E-state index in [1.54, 1.807) is 0 Å². The molecule has 1 amide bonds. The zero-order valence-electron chi connectivity index (χ0n) is 16.7. The Morgan fingerprint density at radius 1 is 1.07 bits per heavy atom. The fourth-order valence-corrected chi connectivity index (χ4v) is 4.46. The average molecular weight is 376 g/mol. The molecule has 4 heteroatoms. The summed E-state index contributed by atoms with van der Waals surface area (Å²) < 4.78 is 2.24. The van der Waals surface area contributed by atoms with E-state index in [2.05, 4.69) is 46.7 Å². The number of carbonyl (C=O) groups excluding carboxylic acids is 1. The van der Waals surface area contributed by atoms with Gasteiger partial charge in [0.15, 0.2) is 0 Å². The van der Waals surface area contributed by atoms with Gasteiger partial charge < -0.3 is 9.47 Å². The smallest absolute Gasteiger partial charge is 0.223 e. The Morgan fingerprint density at radius 2 is 1.86 bits per heavy atom. The van der Waals surface area contributed by atoms with E-state index < -0.39 is 0 Å². The van der Waals surface area contributed by atoms with Crippen LogP contribution in [0.1, 0.15) is 44.0 Å². The van der Waals surface area contributed by atoms with Crippen molar-refractivity contribution in [1.82, 2.24) is 14.5 Å². The summed E-state index contributed by atoms with van der Waals surface area (Å²) >= 11 is 0. The Balaban J connectivity index is 1.45. The molecule has 0 radical (unpaired) electrons. The van der Waals surface area contributed by atoms with Gasteiger partial charge >= 0.3 is 0 Å². The Hall–Kier alpha value is -2.62. The number of hydrogen-bond acceptors (Lipinski definition) is 2. The molecule has 1 saturated heterocycles. The normalized spacial score (nSPS) is 17.2. The van der Waals surface area contributed by atoms with Crippen LogP contribution in [-0.4, -0.2) is 32.9 Å². The maximum atomic E-state index is 13.1. The van der Waals surface area contributed by atoms with Crippen LogP contribution in [0.2, 0.25) is 0 Å². The second-order valence-electron chi connectivity index (χ2n) is 7.69. The van der Waals surface area contributed by atoms with Gasteiger partial charge in [-0.05, 0) is 50.3 Å². The topological polar surface area (TPSA) is 38.1 Å². The van der Waals surface area contributed by atoms with E-state index in [0.717, 1.165) is 49.2 Å². The molecule has 0 aliphatic carbocycles. The first-order valence-corrected chi connectivity index (χ1v) is 10.5. The van der Waals surface area contributed by atoms with Crippen molar-refractivity contribution >= 4 is 16.9 Å². The number of likely N-dealkylation sites (tertiary alicyclic amines) is 1. The van der Waals surface area contributed by atoms with Gasteiger partial charge in [-0.3, -0.25) is 4.79 Å². The number of imidazole rings is 1. The third kappa shape index (κ3) is 3.96. The van der Waals surface area contributed by atoms with E-state index in [1.807, 2.05) is 24.3 Å². The van der Waals surface area contributed by atoms with Crippen molar-refractivity contribution < 1.29 is 4.79 Å². The van der Waals surface area contributed by atoms with Crippen LogP contribution in [0.25, 0.3) is 11.0 Å². The highest BCUT2D eigenvalue weighted by Gasteiger charge is 2.26. The summed E-state index contributed by atoms with van der Waals surface area (Å²) in [4.78, 5) is 20.0. The standard InChI is InChI=1S/C24H29N3O/c1-2-26-22-14-7-6-13-21(22)25-23(26)15-16-24(28)27-17-9-8-12-20(27)18-19-10-4-3-5-11-19/h3-7,10-11,13-14,20H,2,8-9,12,15-18H2,1H3. The molecule has 1 aliphatic heterocycles. The predicted molar refractivity (Wildman–Crippen MR) is 113 cm³/mol. The highest BCUT2D eigenvalue weighted by atomic mass is 16.2. The minimum Gasteiger partial charge on any atom is -0.339 e. The number of aromatic nitrogens is 2. The van der Waals surface area contributed by atoms with Crippen LogP contribution in [-0.2, 0) is 24.2 Å². The highest BCUT2D eigenvalue weighted by Crippen LogP contribution is 2.23. The number of benzene rings is 2. The van der Waals surface area contributed by atoms with Gasteiger partial charge in [0, 0.05) is 32.0 Å². The predicted octanol–water partition coefficient (Wildman–Crippen LogP) is 4.61. The fraction of sp³-hybridized carbons (Fsp3) is 0.417.